The van der Waals surface area contributed by atoms with Crippen molar-refractivity contribution in [3.63, 3.8) is 0 Å². The molecule has 0 aliphatic heterocycles. The van der Waals surface area contributed by atoms with E-state index in [1.165, 1.54) is 10.8 Å². The van der Waals surface area contributed by atoms with Crippen molar-refractivity contribution in [2.75, 3.05) is 0 Å². The molecule has 12 aromatic rings. The van der Waals surface area contributed by atoms with Crippen molar-refractivity contribution in [1.82, 2.24) is 24.1 Å². The Balaban J connectivity index is 1.18. The number of benzene rings is 8. The number of para-hydroxylation sites is 5. The highest BCUT2D eigenvalue weighted by molar-refractivity contribution is 6.26. The lowest BCUT2D eigenvalue weighted by Crippen LogP contribution is -2.02. The molecule has 4 aromatic heterocycles. The minimum atomic E-state index is 0.600. The van der Waals surface area contributed by atoms with Gasteiger partial charge in [0.05, 0.1) is 33.1 Å². The third-order valence-corrected chi connectivity index (χ3v) is 11.2. The van der Waals surface area contributed by atoms with Crippen LogP contribution in [0, 0.1) is 0 Å². The zero-order chi connectivity index (χ0) is 37.5. The summed E-state index contributed by atoms with van der Waals surface area (Å²) in [6.45, 7) is 0. The first-order chi connectivity index (χ1) is 28.3. The predicted molar refractivity (Wildman–Crippen MR) is 232 cm³/mol. The summed E-state index contributed by atoms with van der Waals surface area (Å²) in [6, 6.07) is 65.3. The predicted octanol–water partition coefficient (Wildman–Crippen LogP) is 13.0. The third kappa shape index (κ3) is 4.74. The average Bonchev–Trinajstić information content (AvgIpc) is 3.95. The van der Waals surface area contributed by atoms with Crippen molar-refractivity contribution in [3.05, 3.63) is 188 Å². The van der Waals surface area contributed by atoms with Gasteiger partial charge < -0.3 is 13.6 Å². The first-order valence-corrected chi connectivity index (χ1v) is 19.1. The van der Waals surface area contributed by atoms with Crippen LogP contribution >= 0.6 is 0 Å². The molecule has 0 bridgehead atoms. The van der Waals surface area contributed by atoms with Crippen LogP contribution in [-0.2, 0) is 0 Å². The van der Waals surface area contributed by atoms with Crippen molar-refractivity contribution < 1.29 is 4.42 Å². The third-order valence-electron chi connectivity index (χ3n) is 11.2. The molecule has 0 amide bonds. The molecule has 57 heavy (non-hydrogen) atoms. The zero-order valence-electron chi connectivity index (χ0n) is 30.5. The van der Waals surface area contributed by atoms with Crippen molar-refractivity contribution in [2.45, 2.75) is 0 Å². The minimum Gasteiger partial charge on any atom is -0.453 e. The van der Waals surface area contributed by atoms with E-state index in [2.05, 4.69) is 137 Å². The fourth-order valence-electron chi connectivity index (χ4n) is 8.70. The summed E-state index contributed by atoms with van der Waals surface area (Å²) in [7, 11) is 0. The summed E-state index contributed by atoms with van der Waals surface area (Å²) >= 11 is 0. The van der Waals surface area contributed by atoms with Crippen LogP contribution in [0.2, 0.25) is 0 Å². The highest BCUT2D eigenvalue weighted by Crippen LogP contribution is 2.45. The van der Waals surface area contributed by atoms with Crippen LogP contribution < -0.4 is 0 Å². The molecule has 0 fully saturated rings. The monoisotopic (exact) mass is 729 g/mol. The van der Waals surface area contributed by atoms with Gasteiger partial charge in [0, 0.05) is 49.3 Å². The second-order valence-corrected chi connectivity index (χ2v) is 14.4. The summed E-state index contributed by atoms with van der Waals surface area (Å²) in [6.07, 6.45) is 0. The molecular formula is C51H31N5O. The Morgan fingerprint density at radius 1 is 0.351 bits per heavy atom. The fraction of sp³-hybridized carbons (Fsp3) is 0. The number of aromatic nitrogens is 5. The smallest absolute Gasteiger partial charge is 0.166 e. The molecule has 6 nitrogen and oxygen atoms in total. The largest absolute Gasteiger partial charge is 0.453 e. The van der Waals surface area contributed by atoms with Crippen molar-refractivity contribution in [1.29, 1.82) is 0 Å². The number of rotatable bonds is 5. The molecule has 0 spiro atoms. The number of nitrogens with zero attached hydrogens (tertiary/aromatic N) is 5. The molecular weight excluding hydrogens is 699 g/mol. The molecule has 4 heterocycles. The van der Waals surface area contributed by atoms with Gasteiger partial charge in [0.2, 0.25) is 0 Å². The zero-order valence-corrected chi connectivity index (χ0v) is 30.5. The standard InChI is InChI=1S/C51H31N5O/c1-4-16-32(17-5-1)49-52-50(33-18-6-2-7-19-33)54-51(53-49)40-26-14-25-39-45-43(55(46(39)40)34-20-8-3-9-21-34)31-30-38-37-24-15-29-44(47(37)57-48(38)45)56-41-27-12-10-22-35(41)36-23-11-13-28-42(36)56/h1-31H. The van der Waals surface area contributed by atoms with Crippen molar-refractivity contribution in [2.24, 2.45) is 0 Å². The number of hydrogen-bond donors (Lipinski definition) is 0. The maximum absolute atomic E-state index is 7.20. The second-order valence-electron chi connectivity index (χ2n) is 14.4. The molecule has 6 heteroatoms. The lowest BCUT2D eigenvalue weighted by atomic mass is 10.1. The van der Waals surface area contributed by atoms with Crippen LogP contribution in [0.3, 0.4) is 0 Å². The Morgan fingerprint density at radius 3 is 1.54 bits per heavy atom. The van der Waals surface area contributed by atoms with E-state index in [-0.39, 0.29) is 0 Å². The molecule has 0 unspecified atom stereocenters. The van der Waals surface area contributed by atoms with E-state index in [1.807, 2.05) is 60.7 Å². The summed E-state index contributed by atoms with van der Waals surface area (Å²) < 4.78 is 11.9. The SMILES string of the molecule is c1ccc(-c2nc(-c3ccccc3)nc(-c3cccc4c5c6oc7c(-n8c9ccccc9c9ccccc98)cccc7c6ccc5n(-c5ccccc5)c34)n2)cc1. The molecule has 0 saturated heterocycles. The Kier molecular flexibility index (Phi) is 6.83. The molecule has 0 saturated carbocycles. The van der Waals surface area contributed by atoms with Gasteiger partial charge in [0.25, 0.3) is 0 Å². The van der Waals surface area contributed by atoms with Crippen LogP contribution in [-0.4, -0.2) is 24.1 Å². The molecule has 0 aliphatic carbocycles. The van der Waals surface area contributed by atoms with Gasteiger partial charge in [-0.15, -0.1) is 0 Å². The van der Waals surface area contributed by atoms with Crippen molar-refractivity contribution in [3.8, 4) is 45.5 Å². The number of hydrogen-bond acceptors (Lipinski definition) is 4. The van der Waals surface area contributed by atoms with E-state index in [1.54, 1.807) is 0 Å². The molecule has 0 aliphatic rings. The second kappa shape index (κ2) is 12.3. The lowest BCUT2D eigenvalue weighted by Gasteiger charge is -2.12. The van der Waals surface area contributed by atoms with Gasteiger partial charge in [0.1, 0.15) is 5.58 Å². The molecule has 0 N–H and O–H groups in total. The van der Waals surface area contributed by atoms with Crippen molar-refractivity contribution >= 4 is 65.6 Å². The van der Waals surface area contributed by atoms with Crippen LogP contribution in [0.25, 0.3) is 111 Å². The number of fused-ring (bicyclic) bond motifs is 10. The maximum atomic E-state index is 7.20. The normalized spacial score (nSPS) is 11.9. The van der Waals surface area contributed by atoms with E-state index < -0.39 is 0 Å². The molecule has 0 radical (unpaired) electrons. The highest BCUT2D eigenvalue weighted by Gasteiger charge is 2.24. The van der Waals surface area contributed by atoms with Gasteiger partial charge in [-0.3, -0.25) is 0 Å². The van der Waals surface area contributed by atoms with E-state index in [0.29, 0.717) is 17.5 Å². The minimum absolute atomic E-state index is 0.600. The van der Waals surface area contributed by atoms with Gasteiger partial charge in [0.15, 0.2) is 23.1 Å². The van der Waals surface area contributed by atoms with E-state index in [9.17, 15) is 0 Å². The summed E-state index contributed by atoms with van der Waals surface area (Å²) in [5.74, 6) is 1.84. The van der Waals surface area contributed by atoms with Crippen LogP contribution in [0.5, 0.6) is 0 Å². The molecule has 8 aromatic carbocycles. The van der Waals surface area contributed by atoms with E-state index in [0.717, 1.165) is 82.8 Å². The summed E-state index contributed by atoms with van der Waals surface area (Å²) in [5, 5.41) is 6.66. The quantitative estimate of drug-likeness (QED) is 0.177. The molecule has 12 rings (SSSR count). The number of furan rings is 1. The summed E-state index contributed by atoms with van der Waals surface area (Å²) in [5.41, 5.74) is 10.8. The van der Waals surface area contributed by atoms with Gasteiger partial charge in [-0.2, -0.15) is 0 Å². The summed E-state index contributed by atoms with van der Waals surface area (Å²) in [4.78, 5) is 15.3. The molecule has 0 atom stereocenters. The Labute approximate surface area is 326 Å². The Bertz CT molecular complexity index is 3400. The highest BCUT2D eigenvalue weighted by atomic mass is 16.3. The Morgan fingerprint density at radius 2 is 0.877 bits per heavy atom. The van der Waals surface area contributed by atoms with Crippen LogP contribution in [0.15, 0.2) is 192 Å². The first kappa shape index (κ1) is 31.5. The van der Waals surface area contributed by atoms with E-state index >= 15 is 0 Å². The van der Waals surface area contributed by atoms with Gasteiger partial charge >= 0.3 is 0 Å². The maximum Gasteiger partial charge on any atom is 0.166 e. The lowest BCUT2D eigenvalue weighted by molar-refractivity contribution is 0.670. The van der Waals surface area contributed by atoms with E-state index in [4.69, 9.17) is 19.4 Å². The fourth-order valence-corrected chi connectivity index (χ4v) is 8.70. The molecule has 266 valence electrons. The van der Waals surface area contributed by atoms with Gasteiger partial charge in [-0.1, -0.05) is 140 Å². The first-order valence-electron chi connectivity index (χ1n) is 19.1. The average molecular weight is 730 g/mol. The Hall–Kier alpha value is -7.83. The topological polar surface area (TPSA) is 61.7 Å². The van der Waals surface area contributed by atoms with Gasteiger partial charge in [-0.25, -0.2) is 15.0 Å². The van der Waals surface area contributed by atoms with Gasteiger partial charge in [-0.05, 0) is 48.5 Å². The van der Waals surface area contributed by atoms with Crippen LogP contribution in [0.4, 0.5) is 0 Å². The van der Waals surface area contributed by atoms with Crippen LogP contribution in [0.1, 0.15) is 0 Å².